The summed E-state index contributed by atoms with van der Waals surface area (Å²) in [5, 5.41) is 0. The zero-order valence-electron chi connectivity index (χ0n) is 37.8. The van der Waals surface area contributed by atoms with Crippen LogP contribution >= 0.6 is 0 Å². The van der Waals surface area contributed by atoms with Gasteiger partial charge in [0, 0.05) is 0 Å². The third-order valence-corrected chi connectivity index (χ3v) is 23.2. The van der Waals surface area contributed by atoms with Crippen LogP contribution in [0.15, 0.2) is 96.3 Å². The fourth-order valence-electron chi connectivity index (χ4n) is 18.0. The molecule has 8 aliphatic carbocycles. The minimum atomic E-state index is -0.845. The van der Waals surface area contributed by atoms with Crippen LogP contribution in [-0.4, -0.2) is 54.3 Å². The summed E-state index contributed by atoms with van der Waals surface area (Å²) >= 11 is -0.845. The molecule has 12 fully saturated rings. The van der Waals surface area contributed by atoms with Gasteiger partial charge in [-0.3, -0.25) is 0 Å². The van der Waals surface area contributed by atoms with E-state index in [0.29, 0.717) is 37.3 Å². The van der Waals surface area contributed by atoms with Gasteiger partial charge in [0.05, 0.1) is 0 Å². The van der Waals surface area contributed by atoms with E-state index < -0.39 is 17.6 Å². The molecule has 4 aromatic rings. The second kappa shape index (κ2) is 12.7. The third kappa shape index (κ3) is 4.81. The topological polar surface area (TPSA) is 49.9 Å². The molecule has 67 heavy (non-hydrogen) atoms. The Morgan fingerprint density at radius 1 is 0.403 bits per heavy atom. The molecule has 0 spiro atoms. The zero-order chi connectivity index (χ0) is 43.1. The number of ether oxygens (including phenoxy) is 4. The molecular formula is C58H54N4O4Pt-2. The quantitative estimate of drug-likeness (QED) is 0.188. The Hall–Kier alpha value is -4.81. The van der Waals surface area contributed by atoms with E-state index in [-0.39, 0.29) is 24.2 Å². The molecule has 9 heteroatoms. The molecule has 0 radical (unpaired) electrons. The second-order valence-corrected chi connectivity index (χ2v) is 26.2. The van der Waals surface area contributed by atoms with Crippen molar-refractivity contribution in [2.45, 2.75) is 112 Å². The monoisotopic (exact) mass is 1070 g/mol. The van der Waals surface area contributed by atoms with Gasteiger partial charge in [0.1, 0.15) is 0 Å². The first-order chi connectivity index (χ1) is 33.0. The molecule has 8 aliphatic heterocycles. The van der Waals surface area contributed by atoms with Gasteiger partial charge in [-0.05, 0) is 38.5 Å². The molecule has 4 unspecified atom stereocenters. The molecule has 0 N–H and O–H groups in total. The van der Waals surface area contributed by atoms with Crippen molar-refractivity contribution in [2.75, 3.05) is 26.4 Å². The van der Waals surface area contributed by atoms with E-state index >= 15 is 0 Å². The van der Waals surface area contributed by atoms with Gasteiger partial charge < -0.3 is 0 Å². The Balaban J connectivity index is 0.773. The van der Waals surface area contributed by atoms with Crippen molar-refractivity contribution in [1.29, 1.82) is 0 Å². The molecule has 14 bridgehead atoms. The summed E-state index contributed by atoms with van der Waals surface area (Å²) in [7, 11) is 0. The van der Waals surface area contributed by atoms with Crippen LogP contribution in [0.5, 0.6) is 0 Å². The summed E-state index contributed by atoms with van der Waals surface area (Å²) in [5.74, 6) is 9.01. The number of nitrogens with zero attached hydrogens (tertiary/aromatic N) is 4. The Morgan fingerprint density at radius 3 is 1.09 bits per heavy atom. The van der Waals surface area contributed by atoms with Gasteiger partial charge in [0.2, 0.25) is 0 Å². The first-order valence-electron chi connectivity index (χ1n) is 25.8. The number of hydrogen-bond donors (Lipinski definition) is 0. The average Bonchev–Trinajstić information content (AvgIpc) is 4.20. The van der Waals surface area contributed by atoms with Crippen LogP contribution in [-0.2, 0) is 47.4 Å². The molecule has 4 aromatic carbocycles. The summed E-state index contributed by atoms with van der Waals surface area (Å²) in [5.41, 5.74) is 13.7. The van der Waals surface area contributed by atoms with E-state index in [1.165, 1.54) is 119 Å². The van der Waals surface area contributed by atoms with Gasteiger partial charge in [0.25, 0.3) is 0 Å². The summed E-state index contributed by atoms with van der Waals surface area (Å²) < 4.78 is 30.0. The van der Waals surface area contributed by atoms with Gasteiger partial charge in [-0.15, -0.1) is 0 Å². The molecular weight excluding hydrogens is 1010 g/mol. The standard InChI is InChI=1S/C58H54N4O4.Pt/c1-7-43(57-21-33-13-34(22-57)15-35(14-33)23-57)8-2-39(1)45-11-5-41-19-47(45)51-29-65-55-56-62(32-61(51)55)52(30-66-56)48-20-42(50-28-64-54-53-59(31-60(50)54)49(41)27-63-53)6-12-46(48)40-3-9-44(10-4-40)58-24-36-16-37(25-58)18-38(17-36)26-58;/h1-12,33-38,49-52H,13-18,21-30H2;/q-2;. The number of hydrogen-bond acceptors (Lipinski definition) is 8. The molecule has 8 heterocycles. The normalized spacial score (nSPS) is 38.7. The first kappa shape index (κ1) is 37.1. The molecule has 20 rings (SSSR count). The van der Waals surface area contributed by atoms with Crippen LogP contribution in [0.3, 0.4) is 0 Å². The molecule has 4 saturated heterocycles. The van der Waals surface area contributed by atoms with Crippen LogP contribution in [0.25, 0.3) is 22.3 Å². The van der Waals surface area contributed by atoms with Gasteiger partial charge in [-0.25, -0.2) is 0 Å². The van der Waals surface area contributed by atoms with E-state index in [4.69, 9.17) is 18.9 Å². The maximum atomic E-state index is 6.93. The molecule has 8 saturated carbocycles. The Morgan fingerprint density at radius 2 is 0.731 bits per heavy atom. The van der Waals surface area contributed by atoms with E-state index in [1.54, 1.807) is 11.1 Å². The average molecular weight is 1070 g/mol. The molecule has 8 nitrogen and oxygen atoms in total. The molecule has 0 aromatic heterocycles. The number of fused-ring (bicyclic) bond motifs is 8. The Bertz CT molecular complexity index is 2790. The maximum absolute atomic E-state index is 6.93. The second-order valence-electron chi connectivity index (χ2n) is 23.6. The van der Waals surface area contributed by atoms with Crippen LogP contribution in [0.1, 0.15) is 135 Å². The summed E-state index contributed by atoms with van der Waals surface area (Å²) in [6.07, 6.45) is 17.1. The predicted molar refractivity (Wildman–Crippen MR) is 247 cm³/mol. The zero-order valence-corrected chi connectivity index (χ0v) is 40.0. The van der Waals surface area contributed by atoms with E-state index in [1.807, 2.05) is 0 Å². The van der Waals surface area contributed by atoms with Crippen LogP contribution in [0.4, 0.5) is 0 Å². The fourth-order valence-corrected chi connectivity index (χ4v) is 21.8. The van der Waals surface area contributed by atoms with Gasteiger partial charge in [-0.2, -0.15) is 0 Å². The predicted octanol–water partition coefficient (Wildman–Crippen LogP) is 10.3. The summed E-state index contributed by atoms with van der Waals surface area (Å²) in [6.45, 7) is 2.25. The molecule has 16 aliphatic rings. The molecule has 342 valence electrons. The van der Waals surface area contributed by atoms with Crippen molar-refractivity contribution >= 4 is 8.29 Å². The molecule has 4 atom stereocenters. The summed E-state index contributed by atoms with van der Waals surface area (Å²) in [6, 6.07) is 37.3. The van der Waals surface area contributed by atoms with Crippen molar-refractivity contribution in [3.63, 3.8) is 0 Å². The van der Waals surface area contributed by atoms with Crippen molar-refractivity contribution in [1.82, 2.24) is 19.6 Å². The van der Waals surface area contributed by atoms with E-state index in [2.05, 4.69) is 105 Å². The molecule has 0 amide bonds. The number of rotatable bonds is 4. The van der Waals surface area contributed by atoms with E-state index in [0.717, 1.165) is 70.2 Å². The van der Waals surface area contributed by atoms with Crippen molar-refractivity contribution in [3.8, 4) is 22.3 Å². The van der Waals surface area contributed by atoms with E-state index in [9.17, 15) is 0 Å². The fraction of sp³-hybridized carbons (Fsp3) is 0.483. The van der Waals surface area contributed by atoms with Crippen LogP contribution in [0.2, 0.25) is 0 Å². The summed E-state index contributed by atoms with van der Waals surface area (Å²) in [4.78, 5) is 10.1. The van der Waals surface area contributed by atoms with Gasteiger partial charge in [-0.1, -0.05) is 0 Å². The first-order valence-corrected chi connectivity index (χ1v) is 28.1. The van der Waals surface area contributed by atoms with Gasteiger partial charge >= 0.3 is 364 Å². The Kier molecular flexibility index (Phi) is 7.03. The third-order valence-electron chi connectivity index (χ3n) is 20.0. The number of benzene rings is 4. The van der Waals surface area contributed by atoms with Crippen LogP contribution in [0, 0.1) is 47.6 Å². The van der Waals surface area contributed by atoms with Crippen molar-refractivity contribution < 1.29 is 36.6 Å². The van der Waals surface area contributed by atoms with Crippen molar-refractivity contribution in [2.24, 2.45) is 35.5 Å². The van der Waals surface area contributed by atoms with Crippen molar-refractivity contribution in [3.05, 3.63) is 142 Å². The minimum absolute atomic E-state index is 0.00160. The Labute approximate surface area is 400 Å². The SMILES string of the molecule is [c-]1c2ccc(-c3ccc(C45CC6CC(CC(C6)C4)C5)cc3)c1C1COC3=C4OCC5c6[c-]c(ccc6-c6ccc(C78CC9CC(CC(C9)C7)C8)cc6)C6COC7=C8OCC2N8[C](=[Pt]=[C](N31)N45)N76. The van der Waals surface area contributed by atoms with Crippen LogP contribution < -0.4 is 0 Å². The van der Waals surface area contributed by atoms with Gasteiger partial charge in [0.15, 0.2) is 0 Å².